The summed E-state index contributed by atoms with van der Waals surface area (Å²) in [5.41, 5.74) is 0.249. The number of alkyl halides is 1. The fourth-order valence-electron chi connectivity index (χ4n) is 2.29. The van der Waals surface area contributed by atoms with Gasteiger partial charge in [0.1, 0.15) is 0 Å². The molecule has 1 amide bonds. The van der Waals surface area contributed by atoms with Gasteiger partial charge in [-0.25, -0.2) is 0 Å². The Kier molecular flexibility index (Phi) is 3.81. The van der Waals surface area contributed by atoms with Gasteiger partial charge in [0.05, 0.1) is 0 Å². The minimum absolute atomic E-state index is 0.00380. The predicted octanol–water partition coefficient (Wildman–Crippen LogP) is 1.58. The normalized spacial score (nSPS) is 34.4. The lowest BCUT2D eigenvalue weighted by Gasteiger charge is -2.52. The molecule has 0 radical (unpaired) electrons. The highest BCUT2D eigenvalue weighted by Gasteiger charge is 2.50. The molecule has 0 aromatic rings. The number of hydrogen-bond acceptors (Lipinski definition) is 2. The van der Waals surface area contributed by atoms with Gasteiger partial charge in [0.15, 0.2) is 0 Å². The summed E-state index contributed by atoms with van der Waals surface area (Å²) in [6, 6.07) is 0. The lowest BCUT2D eigenvalue weighted by molar-refractivity contribution is -0.125. The number of likely N-dealkylation sites (N-methyl/N-ethyl adjacent to an activating group) is 1. The molecule has 86 valence electrons. The number of hydrogen-bond donors (Lipinski definition) is 1. The Morgan fingerprint density at radius 3 is 2.60 bits per heavy atom. The Labute approximate surface area is 105 Å². The zero-order chi connectivity index (χ0) is 11.7. The van der Waals surface area contributed by atoms with Gasteiger partial charge in [0.2, 0.25) is 5.91 Å². The molecule has 1 aliphatic rings. The van der Waals surface area contributed by atoms with Crippen molar-refractivity contribution < 1.29 is 4.79 Å². The highest BCUT2D eigenvalue weighted by Crippen LogP contribution is 2.47. The molecule has 4 heteroatoms. The van der Waals surface area contributed by atoms with E-state index in [9.17, 15) is 4.79 Å². The van der Waals surface area contributed by atoms with E-state index in [-0.39, 0.29) is 14.9 Å². The van der Waals surface area contributed by atoms with Crippen molar-refractivity contribution >= 4 is 28.5 Å². The number of nitrogens with zero attached hydrogens (tertiary/aromatic N) is 1. The van der Waals surface area contributed by atoms with E-state index in [1.807, 2.05) is 14.1 Å². The Morgan fingerprint density at radius 1 is 1.67 bits per heavy atom. The van der Waals surface area contributed by atoms with Crippen molar-refractivity contribution in [3.63, 3.8) is 0 Å². The molecular weight excluding hydrogens is 303 g/mol. The molecule has 0 spiro atoms. The zero-order valence-electron chi connectivity index (χ0n) is 9.64. The van der Waals surface area contributed by atoms with Crippen LogP contribution in [0.2, 0.25) is 0 Å². The summed E-state index contributed by atoms with van der Waals surface area (Å²) in [6.07, 6.45) is 3.58. The van der Waals surface area contributed by atoms with Crippen molar-refractivity contribution in [1.82, 2.24) is 10.2 Å². The number of carbonyl (C=O) groups excluding carboxylic acids is 1. The molecule has 0 atom stereocenters. The van der Waals surface area contributed by atoms with Gasteiger partial charge >= 0.3 is 0 Å². The van der Waals surface area contributed by atoms with Crippen LogP contribution in [0.1, 0.15) is 19.8 Å². The van der Waals surface area contributed by atoms with E-state index in [0.29, 0.717) is 0 Å². The first kappa shape index (κ1) is 13.0. The Morgan fingerprint density at radius 2 is 2.20 bits per heavy atom. The standard InChI is InChI=1S/C11H19IN2O/c1-5-9(15)14(4)8-11(12)6-10(2,7-11)13-3/h5,13H,1,6-8H2,2-4H3. The monoisotopic (exact) mass is 322 g/mol. The minimum atomic E-state index is 0.00380. The molecular formula is C11H19IN2O. The topological polar surface area (TPSA) is 32.3 Å². The molecule has 1 saturated carbocycles. The third-order valence-electron chi connectivity index (χ3n) is 3.09. The van der Waals surface area contributed by atoms with E-state index in [2.05, 4.69) is 41.4 Å². The number of amides is 1. The summed E-state index contributed by atoms with van der Waals surface area (Å²) in [7, 11) is 3.83. The van der Waals surface area contributed by atoms with Crippen LogP contribution in [0.25, 0.3) is 0 Å². The van der Waals surface area contributed by atoms with Crippen LogP contribution < -0.4 is 5.32 Å². The molecule has 0 aliphatic heterocycles. The molecule has 1 rings (SSSR count). The lowest BCUT2D eigenvalue weighted by Crippen LogP contribution is -2.62. The first-order valence-electron chi connectivity index (χ1n) is 5.09. The van der Waals surface area contributed by atoms with Crippen molar-refractivity contribution in [1.29, 1.82) is 0 Å². The summed E-state index contributed by atoms with van der Waals surface area (Å²) >= 11 is 2.47. The van der Waals surface area contributed by atoms with Crippen molar-refractivity contribution in [3.05, 3.63) is 12.7 Å². The summed E-state index contributed by atoms with van der Waals surface area (Å²) in [5, 5.41) is 3.32. The van der Waals surface area contributed by atoms with Crippen LogP contribution in [0.15, 0.2) is 12.7 Å². The lowest BCUT2D eigenvalue weighted by atomic mass is 9.69. The number of halogens is 1. The maximum absolute atomic E-state index is 11.3. The van der Waals surface area contributed by atoms with Gasteiger partial charge in [-0.3, -0.25) is 4.79 Å². The van der Waals surface area contributed by atoms with Crippen molar-refractivity contribution in [2.24, 2.45) is 0 Å². The van der Waals surface area contributed by atoms with Crippen LogP contribution in [0.5, 0.6) is 0 Å². The second-order valence-electron chi connectivity index (χ2n) is 4.71. The van der Waals surface area contributed by atoms with E-state index in [1.165, 1.54) is 6.08 Å². The van der Waals surface area contributed by atoms with E-state index >= 15 is 0 Å². The quantitative estimate of drug-likeness (QED) is 0.484. The molecule has 1 aliphatic carbocycles. The summed E-state index contributed by atoms with van der Waals surface area (Å²) in [4.78, 5) is 13.1. The summed E-state index contributed by atoms with van der Waals surface area (Å²) in [6.45, 7) is 6.52. The maximum atomic E-state index is 11.3. The van der Waals surface area contributed by atoms with Gasteiger partial charge in [-0.2, -0.15) is 0 Å². The van der Waals surface area contributed by atoms with Gasteiger partial charge in [-0.05, 0) is 32.9 Å². The van der Waals surface area contributed by atoms with Gasteiger partial charge in [-0.1, -0.05) is 29.2 Å². The third kappa shape index (κ3) is 2.93. The average Bonchev–Trinajstić information content (AvgIpc) is 2.13. The number of nitrogens with one attached hydrogen (secondary N) is 1. The van der Waals surface area contributed by atoms with Gasteiger partial charge < -0.3 is 10.2 Å². The fraction of sp³-hybridized carbons (Fsp3) is 0.727. The smallest absolute Gasteiger partial charge is 0.245 e. The third-order valence-corrected chi connectivity index (χ3v) is 4.19. The Hall–Kier alpha value is -0.100. The summed E-state index contributed by atoms with van der Waals surface area (Å²) < 4.78 is 0.225. The van der Waals surface area contributed by atoms with E-state index < -0.39 is 0 Å². The molecule has 3 nitrogen and oxygen atoms in total. The second-order valence-corrected chi connectivity index (χ2v) is 7.00. The van der Waals surface area contributed by atoms with Crippen LogP contribution in [0.4, 0.5) is 0 Å². The van der Waals surface area contributed by atoms with Crippen molar-refractivity contribution in [2.75, 3.05) is 20.6 Å². The highest BCUT2D eigenvalue weighted by atomic mass is 127. The first-order chi connectivity index (χ1) is 6.84. The van der Waals surface area contributed by atoms with E-state index in [1.54, 1.807) is 4.90 Å². The highest BCUT2D eigenvalue weighted by molar-refractivity contribution is 14.1. The van der Waals surface area contributed by atoms with Crippen LogP contribution in [0.3, 0.4) is 0 Å². The second kappa shape index (κ2) is 4.41. The Bertz CT molecular complexity index is 272. The van der Waals surface area contributed by atoms with Gasteiger partial charge in [-0.15, -0.1) is 0 Å². The average molecular weight is 322 g/mol. The molecule has 0 aromatic heterocycles. The first-order valence-corrected chi connectivity index (χ1v) is 6.17. The molecule has 15 heavy (non-hydrogen) atoms. The molecule has 1 fully saturated rings. The van der Waals surface area contributed by atoms with Crippen LogP contribution in [0, 0.1) is 0 Å². The van der Waals surface area contributed by atoms with Crippen LogP contribution in [-0.2, 0) is 4.79 Å². The molecule has 0 saturated heterocycles. The van der Waals surface area contributed by atoms with Gasteiger partial charge in [0, 0.05) is 22.6 Å². The maximum Gasteiger partial charge on any atom is 0.245 e. The number of carbonyl (C=O) groups is 1. The van der Waals surface area contributed by atoms with Crippen LogP contribution in [-0.4, -0.2) is 40.4 Å². The van der Waals surface area contributed by atoms with E-state index in [4.69, 9.17) is 0 Å². The van der Waals surface area contributed by atoms with Crippen molar-refractivity contribution in [3.8, 4) is 0 Å². The molecule has 0 aromatic carbocycles. The fourth-order valence-corrected chi connectivity index (χ4v) is 4.49. The van der Waals surface area contributed by atoms with Crippen LogP contribution >= 0.6 is 22.6 Å². The summed E-state index contributed by atoms with van der Waals surface area (Å²) in [5.74, 6) is 0.00380. The van der Waals surface area contributed by atoms with E-state index in [0.717, 1.165) is 19.4 Å². The molecule has 0 unspecified atom stereocenters. The van der Waals surface area contributed by atoms with Crippen molar-refractivity contribution in [2.45, 2.75) is 28.7 Å². The number of rotatable bonds is 4. The predicted molar refractivity (Wildman–Crippen MR) is 71.3 cm³/mol. The molecule has 1 N–H and O–H groups in total. The molecule has 0 bridgehead atoms. The molecule has 0 heterocycles. The van der Waals surface area contributed by atoms with Gasteiger partial charge in [0.25, 0.3) is 0 Å². The SMILES string of the molecule is C=CC(=O)N(C)CC1(I)CC(C)(NC)C1. The zero-order valence-corrected chi connectivity index (χ0v) is 11.8. The Balaban J connectivity index is 2.48. The largest absolute Gasteiger partial charge is 0.341 e. The minimum Gasteiger partial charge on any atom is -0.341 e.